The van der Waals surface area contributed by atoms with Gasteiger partial charge in [0, 0.05) is 22.1 Å². The first-order valence-corrected chi connectivity index (χ1v) is 8.15. The fourth-order valence-electron chi connectivity index (χ4n) is 1.77. The van der Waals surface area contributed by atoms with Crippen LogP contribution in [0.5, 0.6) is 0 Å². The number of hydrogen-bond acceptors (Lipinski definition) is 3. The van der Waals surface area contributed by atoms with Gasteiger partial charge in [-0.1, -0.05) is 6.07 Å². The van der Waals surface area contributed by atoms with Gasteiger partial charge in [-0.05, 0) is 64.7 Å². The van der Waals surface area contributed by atoms with Crippen molar-refractivity contribution in [3.8, 4) is 0 Å². The van der Waals surface area contributed by atoms with Crippen molar-refractivity contribution in [1.29, 1.82) is 0 Å². The molecule has 2 aromatic rings. The molecule has 1 heterocycles. The van der Waals surface area contributed by atoms with Gasteiger partial charge in [-0.2, -0.15) is 0 Å². The van der Waals surface area contributed by atoms with Crippen molar-refractivity contribution in [2.24, 2.45) is 0 Å². The van der Waals surface area contributed by atoms with Crippen LogP contribution in [0, 0.1) is 10.5 Å². The molecule has 0 aliphatic rings. The third-order valence-corrected chi connectivity index (χ3v) is 4.42. The van der Waals surface area contributed by atoms with E-state index in [0.29, 0.717) is 4.88 Å². The van der Waals surface area contributed by atoms with Crippen LogP contribution in [0.4, 0.5) is 5.69 Å². The lowest BCUT2D eigenvalue weighted by atomic mass is 10.1. The number of carbonyl (C=O) groups is 2. The number of benzene rings is 1. The first kappa shape index (κ1) is 15.2. The SMILES string of the molecule is Cc1cc(I)ccc1NC(=O)CCC(=O)c1cccs1. The molecule has 1 aromatic heterocycles. The topological polar surface area (TPSA) is 46.2 Å². The molecule has 5 heteroatoms. The van der Waals surface area contributed by atoms with Crippen molar-refractivity contribution < 1.29 is 9.59 Å². The van der Waals surface area contributed by atoms with Crippen LogP contribution in [-0.2, 0) is 4.79 Å². The molecule has 0 aliphatic heterocycles. The third kappa shape index (κ3) is 4.14. The van der Waals surface area contributed by atoms with Crippen LogP contribution >= 0.6 is 33.9 Å². The van der Waals surface area contributed by atoms with E-state index >= 15 is 0 Å². The minimum atomic E-state index is -0.126. The standard InChI is InChI=1S/C15H14INO2S/c1-10-9-11(16)4-5-12(10)17-15(19)7-6-13(18)14-3-2-8-20-14/h2-5,8-9H,6-7H2,1H3,(H,17,19). The summed E-state index contributed by atoms with van der Waals surface area (Å²) in [6.07, 6.45) is 0.456. The monoisotopic (exact) mass is 399 g/mol. The van der Waals surface area contributed by atoms with E-state index in [9.17, 15) is 9.59 Å². The normalized spacial score (nSPS) is 10.3. The lowest BCUT2D eigenvalue weighted by molar-refractivity contribution is -0.116. The van der Waals surface area contributed by atoms with Crippen molar-refractivity contribution >= 4 is 51.3 Å². The lowest BCUT2D eigenvalue weighted by Crippen LogP contribution is -2.14. The molecule has 0 unspecified atom stereocenters. The Kier molecular flexibility index (Phi) is 5.31. The molecule has 0 fully saturated rings. The second-order valence-corrected chi connectivity index (χ2v) is 6.60. The Balaban J connectivity index is 1.88. The second kappa shape index (κ2) is 6.99. The molecule has 0 spiro atoms. The molecular formula is C15H14INO2S. The highest BCUT2D eigenvalue weighted by atomic mass is 127. The first-order valence-electron chi connectivity index (χ1n) is 6.19. The largest absolute Gasteiger partial charge is 0.326 e. The highest BCUT2D eigenvalue weighted by Gasteiger charge is 2.11. The minimum absolute atomic E-state index is 0.0227. The Morgan fingerprint density at radius 2 is 2.05 bits per heavy atom. The average Bonchev–Trinajstić information content (AvgIpc) is 2.93. The van der Waals surface area contributed by atoms with Crippen LogP contribution in [-0.4, -0.2) is 11.7 Å². The van der Waals surface area contributed by atoms with Crippen LogP contribution in [0.3, 0.4) is 0 Å². The number of hydrogen-bond donors (Lipinski definition) is 1. The zero-order valence-corrected chi connectivity index (χ0v) is 14.0. The van der Waals surface area contributed by atoms with Crippen molar-refractivity contribution in [2.75, 3.05) is 5.32 Å². The molecule has 0 bridgehead atoms. The number of anilines is 1. The molecule has 2 rings (SSSR count). The van der Waals surface area contributed by atoms with E-state index in [2.05, 4.69) is 27.9 Å². The van der Waals surface area contributed by atoms with Gasteiger partial charge >= 0.3 is 0 Å². The van der Waals surface area contributed by atoms with Crippen molar-refractivity contribution in [3.05, 3.63) is 49.7 Å². The predicted octanol–water partition coefficient (Wildman–Crippen LogP) is 4.26. The molecule has 1 N–H and O–H groups in total. The van der Waals surface area contributed by atoms with E-state index in [-0.39, 0.29) is 24.5 Å². The van der Waals surface area contributed by atoms with Gasteiger partial charge in [-0.25, -0.2) is 0 Å². The maximum absolute atomic E-state index is 11.9. The van der Waals surface area contributed by atoms with Gasteiger partial charge in [-0.3, -0.25) is 9.59 Å². The predicted molar refractivity (Wildman–Crippen MR) is 90.4 cm³/mol. The Labute approximate surface area is 135 Å². The molecule has 0 radical (unpaired) electrons. The summed E-state index contributed by atoms with van der Waals surface area (Å²) >= 11 is 3.64. The lowest BCUT2D eigenvalue weighted by Gasteiger charge is -2.08. The summed E-state index contributed by atoms with van der Waals surface area (Å²) in [5.74, 6) is -0.103. The number of halogens is 1. The highest BCUT2D eigenvalue weighted by Crippen LogP contribution is 2.18. The van der Waals surface area contributed by atoms with Crippen molar-refractivity contribution in [1.82, 2.24) is 0 Å². The Bertz CT molecular complexity index is 623. The zero-order valence-electron chi connectivity index (χ0n) is 11.0. The zero-order chi connectivity index (χ0) is 14.5. The summed E-state index contributed by atoms with van der Waals surface area (Å²) in [5.41, 5.74) is 1.83. The van der Waals surface area contributed by atoms with Gasteiger partial charge in [0.2, 0.25) is 5.91 Å². The van der Waals surface area contributed by atoms with E-state index < -0.39 is 0 Å². The number of carbonyl (C=O) groups excluding carboxylic acids is 2. The smallest absolute Gasteiger partial charge is 0.224 e. The fraction of sp³-hybridized carbons (Fsp3) is 0.200. The number of amides is 1. The third-order valence-electron chi connectivity index (χ3n) is 2.84. The van der Waals surface area contributed by atoms with Crippen LogP contribution in [0.1, 0.15) is 28.1 Å². The van der Waals surface area contributed by atoms with Crippen LogP contribution in [0.2, 0.25) is 0 Å². The summed E-state index contributed by atoms with van der Waals surface area (Å²) in [7, 11) is 0. The molecule has 3 nitrogen and oxygen atoms in total. The number of rotatable bonds is 5. The van der Waals surface area contributed by atoms with E-state index in [1.165, 1.54) is 11.3 Å². The van der Waals surface area contributed by atoms with E-state index in [1.807, 2.05) is 36.6 Å². The van der Waals surface area contributed by atoms with Crippen LogP contribution in [0.25, 0.3) is 0 Å². The maximum Gasteiger partial charge on any atom is 0.224 e. The summed E-state index contributed by atoms with van der Waals surface area (Å²) in [6.45, 7) is 1.95. The molecule has 0 atom stereocenters. The van der Waals surface area contributed by atoms with Gasteiger partial charge in [-0.15, -0.1) is 11.3 Å². The number of Topliss-reactive ketones (excluding diaryl/α,β-unsaturated/α-hetero) is 1. The number of nitrogens with one attached hydrogen (secondary N) is 1. The Morgan fingerprint density at radius 1 is 1.25 bits per heavy atom. The minimum Gasteiger partial charge on any atom is -0.326 e. The number of ketones is 1. The number of aryl methyl sites for hydroxylation is 1. The second-order valence-electron chi connectivity index (χ2n) is 4.41. The summed E-state index contributed by atoms with van der Waals surface area (Å²) < 4.78 is 1.13. The summed E-state index contributed by atoms with van der Waals surface area (Å²) in [4.78, 5) is 24.4. The van der Waals surface area contributed by atoms with Gasteiger partial charge in [0.25, 0.3) is 0 Å². The molecular weight excluding hydrogens is 385 g/mol. The summed E-state index contributed by atoms with van der Waals surface area (Å²) in [6, 6.07) is 9.46. The van der Waals surface area contributed by atoms with E-state index in [0.717, 1.165) is 14.8 Å². The molecule has 1 amide bonds. The molecule has 1 aromatic carbocycles. The summed E-state index contributed by atoms with van der Waals surface area (Å²) in [5, 5.41) is 4.71. The number of thiophene rings is 1. The average molecular weight is 399 g/mol. The van der Waals surface area contributed by atoms with Crippen LogP contribution < -0.4 is 5.32 Å². The van der Waals surface area contributed by atoms with Crippen molar-refractivity contribution in [2.45, 2.75) is 19.8 Å². The maximum atomic E-state index is 11.9. The van der Waals surface area contributed by atoms with Gasteiger partial charge in [0.1, 0.15) is 0 Å². The molecule has 104 valence electrons. The molecule has 0 aliphatic carbocycles. The molecule has 0 saturated carbocycles. The van der Waals surface area contributed by atoms with Crippen molar-refractivity contribution in [3.63, 3.8) is 0 Å². The molecule has 0 saturated heterocycles. The van der Waals surface area contributed by atoms with E-state index in [1.54, 1.807) is 6.07 Å². The van der Waals surface area contributed by atoms with Gasteiger partial charge in [0.05, 0.1) is 4.88 Å². The van der Waals surface area contributed by atoms with Gasteiger partial charge < -0.3 is 5.32 Å². The van der Waals surface area contributed by atoms with E-state index in [4.69, 9.17) is 0 Å². The fourth-order valence-corrected chi connectivity index (χ4v) is 3.11. The quantitative estimate of drug-likeness (QED) is 0.603. The Hall–Kier alpha value is -1.21. The first-order chi connectivity index (χ1) is 9.56. The van der Waals surface area contributed by atoms with Crippen LogP contribution in [0.15, 0.2) is 35.7 Å². The Morgan fingerprint density at radius 3 is 2.70 bits per heavy atom. The highest BCUT2D eigenvalue weighted by molar-refractivity contribution is 14.1. The molecule has 20 heavy (non-hydrogen) atoms. The van der Waals surface area contributed by atoms with Gasteiger partial charge in [0.15, 0.2) is 5.78 Å².